The highest BCUT2D eigenvalue weighted by Crippen LogP contribution is 2.25. The summed E-state index contributed by atoms with van der Waals surface area (Å²) in [5.41, 5.74) is 2.25. The van der Waals surface area contributed by atoms with Crippen molar-refractivity contribution in [1.82, 2.24) is 14.5 Å². The van der Waals surface area contributed by atoms with E-state index in [0.717, 1.165) is 11.1 Å². The number of benzene rings is 1. The Hall–Kier alpha value is -2.63. The molecule has 2 amide bonds. The van der Waals surface area contributed by atoms with Crippen molar-refractivity contribution in [2.45, 2.75) is 25.3 Å². The molecule has 0 saturated carbocycles. The molecule has 1 aromatic heterocycles. The highest BCUT2D eigenvalue weighted by atomic mass is 16.2. The summed E-state index contributed by atoms with van der Waals surface area (Å²) in [6.45, 7) is 3.74. The molecule has 2 aromatic rings. The van der Waals surface area contributed by atoms with Crippen molar-refractivity contribution in [1.29, 1.82) is 0 Å². The van der Waals surface area contributed by atoms with Crippen LogP contribution in [0.4, 0.5) is 0 Å². The Morgan fingerprint density at radius 3 is 2.82 bits per heavy atom. The number of piperidine rings is 1. The Kier molecular flexibility index (Phi) is 3.44. The number of amides is 2. The molecule has 1 aromatic carbocycles. The van der Waals surface area contributed by atoms with Gasteiger partial charge in [0.05, 0.1) is 11.0 Å². The third kappa shape index (κ3) is 2.07. The zero-order valence-electron chi connectivity index (χ0n) is 12.3. The molecule has 1 unspecified atom stereocenters. The zero-order valence-corrected chi connectivity index (χ0v) is 12.3. The second-order valence-corrected chi connectivity index (χ2v) is 5.46. The molecule has 6 nitrogen and oxygen atoms in total. The lowest BCUT2D eigenvalue weighted by Crippen LogP contribution is -2.44. The maximum Gasteiger partial charge on any atom is 0.329 e. The monoisotopic (exact) mass is 299 g/mol. The summed E-state index contributed by atoms with van der Waals surface area (Å²) in [6, 6.07) is 4.99. The van der Waals surface area contributed by atoms with E-state index in [1.165, 1.54) is 4.57 Å². The van der Waals surface area contributed by atoms with Crippen LogP contribution in [0.2, 0.25) is 0 Å². The second kappa shape index (κ2) is 5.29. The van der Waals surface area contributed by atoms with Crippen LogP contribution in [0, 0.1) is 0 Å². The highest BCUT2D eigenvalue weighted by Gasteiger charge is 2.31. The number of carbonyl (C=O) groups is 2. The minimum atomic E-state index is -0.645. The van der Waals surface area contributed by atoms with Crippen molar-refractivity contribution < 1.29 is 9.59 Å². The van der Waals surface area contributed by atoms with E-state index in [9.17, 15) is 14.4 Å². The number of aryl methyl sites for hydroxylation is 1. The first-order valence-electron chi connectivity index (χ1n) is 7.18. The molecule has 6 heteroatoms. The van der Waals surface area contributed by atoms with Crippen molar-refractivity contribution in [3.63, 3.8) is 0 Å². The van der Waals surface area contributed by atoms with Gasteiger partial charge < -0.3 is 0 Å². The molecular formula is C16H17N3O3. The first-order chi connectivity index (χ1) is 10.5. The summed E-state index contributed by atoms with van der Waals surface area (Å²) >= 11 is 0. The topological polar surface area (TPSA) is 73.1 Å². The molecule has 0 spiro atoms. The standard InChI is InChI=1S/C16H17N3O3/c1-3-5-10-6-4-7-11-14(10)18(2)16(22)19(11)12-8-9-13(20)17-15(12)21/h3-4,6-7,12H,1,5,8-9H2,2H3,(H,17,20,21). The van der Waals surface area contributed by atoms with Gasteiger partial charge in [0.1, 0.15) is 6.04 Å². The van der Waals surface area contributed by atoms with Crippen LogP contribution >= 0.6 is 0 Å². The molecule has 0 radical (unpaired) electrons. The summed E-state index contributed by atoms with van der Waals surface area (Å²) < 4.78 is 3.04. The molecule has 2 heterocycles. The summed E-state index contributed by atoms with van der Waals surface area (Å²) in [7, 11) is 1.69. The summed E-state index contributed by atoms with van der Waals surface area (Å²) in [5.74, 6) is -0.707. The number of hydrogen-bond acceptors (Lipinski definition) is 3. The van der Waals surface area contributed by atoms with Crippen molar-refractivity contribution in [3.8, 4) is 0 Å². The molecule has 1 aliphatic heterocycles. The van der Waals surface area contributed by atoms with E-state index in [0.29, 0.717) is 18.4 Å². The SMILES string of the molecule is C=CCc1cccc2c1n(C)c(=O)n2C1CCC(=O)NC1=O. The van der Waals surface area contributed by atoms with Crippen molar-refractivity contribution in [3.05, 3.63) is 46.9 Å². The fourth-order valence-corrected chi connectivity index (χ4v) is 3.07. The minimum absolute atomic E-state index is 0.242. The number of rotatable bonds is 3. The lowest BCUT2D eigenvalue weighted by atomic mass is 10.1. The predicted molar refractivity (Wildman–Crippen MR) is 82.5 cm³/mol. The Bertz CT molecular complexity index is 844. The van der Waals surface area contributed by atoms with E-state index in [4.69, 9.17) is 0 Å². The first-order valence-corrected chi connectivity index (χ1v) is 7.18. The van der Waals surface area contributed by atoms with Crippen molar-refractivity contribution in [2.75, 3.05) is 0 Å². The highest BCUT2D eigenvalue weighted by molar-refractivity contribution is 6.00. The van der Waals surface area contributed by atoms with Crippen LogP contribution in [0.5, 0.6) is 0 Å². The molecule has 1 aliphatic rings. The minimum Gasteiger partial charge on any atom is -0.295 e. The maximum absolute atomic E-state index is 12.6. The number of nitrogens with zero attached hydrogens (tertiary/aromatic N) is 2. The van der Waals surface area contributed by atoms with Crippen LogP contribution in [-0.2, 0) is 23.1 Å². The van der Waals surface area contributed by atoms with E-state index >= 15 is 0 Å². The Balaban J connectivity index is 2.23. The lowest BCUT2D eigenvalue weighted by Gasteiger charge is -2.21. The first kappa shape index (κ1) is 14.3. The number of hydrogen-bond donors (Lipinski definition) is 1. The average Bonchev–Trinajstić information content (AvgIpc) is 2.73. The van der Waals surface area contributed by atoms with E-state index in [2.05, 4.69) is 11.9 Å². The molecular weight excluding hydrogens is 282 g/mol. The van der Waals surface area contributed by atoms with Crippen molar-refractivity contribution >= 4 is 22.8 Å². The number of para-hydroxylation sites is 1. The predicted octanol–water partition coefficient (Wildman–Crippen LogP) is 1.05. The Labute approximate surface area is 127 Å². The van der Waals surface area contributed by atoms with Gasteiger partial charge in [0.15, 0.2) is 0 Å². The van der Waals surface area contributed by atoms with Crippen LogP contribution in [0.25, 0.3) is 11.0 Å². The largest absolute Gasteiger partial charge is 0.329 e. The van der Waals surface area contributed by atoms with Gasteiger partial charge in [-0.3, -0.25) is 24.0 Å². The molecule has 1 fully saturated rings. The molecule has 1 atom stereocenters. The Morgan fingerprint density at radius 1 is 1.36 bits per heavy atom. The average molecular weight is 299 g/mol. The lowest BCUT2D eigenvalue weighted by molar-refractivity contribution is -0.135. The van der Waals surface area contributed by atoms with Crippen molar-refractivity contribution in [2.24, 2.45) is 7.05 Å². The molecule has 22 heavy (non-hydrogen) atoms. The molecule has 0 bridgehead atoms. The number of allylic oxidation sites excluding steroid dienone is 1. The number of imidazole rings is 1. The van der Waals surface area contributed by atoms with Gasteiger partial charge >= 0.3 is 5.69 Å². The van der Waals surface area contributed by atoms with Crippen LogP contribution in [-0.4, -0.2) is 20.9 Å². The summed E-state index contributed by atoms with van der Waals surface area (Å²) in [5, 5.41) is 2.31. The van der Waals surface area contributed by atoms with Gasteiger partial charge in [0.25, 0.3) is 0 Å². The van der Waals surface area contributed by atoms with Gasteiger partial charge in [-0.15, -0.1) is 6.58 Å². The normalized spacial score (nSPS) is 18.5. The van der Waals surface area contributed by atoms with E-state index in [1.807, 2.05) is 18.2 Å². The fourth-order valence-electron chi connectivity index (χ4n) is 3.07. The van der Waals surface area contributed by atoms with Crippen LogP contribution in [0.3, 0.4) is 0 Å². The number of aromatic nitrogens is 2. The van der Waals surface area contributed by atoms with Crippen LogP contribution < -0.4 is 11.0 Å². The molecule has 114 valence electrons. The summed E-state index contributed by atoms with van der Waals surface area (Å²) in [4.78, 5) is 36.0. The third-order valence-electron chi connectivity index (χ3n) is 4.07. The fraction of sp³-hybridized carbons (Fsp3) is 0.312. The van der Waals surface area contributed by atoms with E-state index < -0.39 is 11.9 Å². The number of imide groups is 1. The van der Waals surface area contributed by atoms with Gasteiger partial charge in [0.2, 0.25) is 11.8 Å². The quantitative estimate of drug-likeness (QED) is 0.680. The van der Waals surface area contributed by atoms with Gasteiger partial charge in [-0.05, 0) is 24.5 Å². The molecule has 3 rings (SSSR count). The molecule has 1 saturated heterocycles. The number of nitrogens with one attached hydrogen (secondary N) is 1. The molecule has 0 aliphatic carbocycles. The third-order valence-corrected chi connectivity index (χ3v) is 4.07. The van der Waals surface area contributed by atoms with E-state index in [-0.39, 0.29) is 18.0 Å². The smallest absolute Gasteiger partial charge is 0.295 e. The van der Waals surface area contributed by atoms with Gasteiger partial charge in [-0.25, -0.2) is 4.79 Å². The number of carbonyl (C=O) groups excluding carboxylic acids is 2. The maximum atomic E-state index is 12.6. The van der Waals surface area contributed by atoms with E-state index in [1.54, 1.807) is 17.7 Å². The van der Waals surface area contributed by atoms with Gasteiger partial charge in [0, 0.05) is 13.5 Å². The van der Waals surface area contributed by atoms with Crippen LogP contribution in [0.15, 0.2) is 35.6 Å². The number of fused-ring (bicyclic) bond motifs is 1. The zero-order chi connectivity index (χ0) is 15.9. The van der Waals surface area contributed by atoms with Crippen LogP contribution in [0.1, 0.15) is 24.4 Å². The summed E-state index contributed by atoms with van der Waals surface area (Å²) in [6.07, 6.45) is 3.01. The van der Waals surface area contributed by atoms with Gasteiger partial charge in [-0.1, -0.05) is 18.2 Å². The second-order valence-electron chi connectivity index (χ2n) is 5.46. The van der Waals surface area contributed by atoms with Gasteiger partial charge in [-0.2, -0.15) is 0 Å². The molecule has 1 N–H and O–H groups in total. The Morgan fingerprint density at radius 2 is 2.14 bits per heavy atom.